The van der Waals surface area contributed by atoms with E-state index in [0.717, 1.165) is 6.42 Å². The Bertz CT molecular complexity index is 362. The van der Waals surface area contributed by atoms with Crippen molar-refractivity contribution >= 4 is 5.69 Å². The predicted molar refractivity (Wildman–Crippen MR) is 67.8 cm³/mol. The number of hydrogen-bond donors (Lipinski definition) is 1. The molecule has 2 heteroatoms. The van der Waals surface area contributed by atoms with Gasteiger partial charge in [-0.3, -0.25) is 0 Å². The van der Waals surface area contributed by atoms with Crippen LogP contribution in [0.4, 0.5) is 5.69 Å². The summed E-state index contributed by atoms with van der Waals surface area (Å²) in [6.07, 6.45) is 2.03. The molecular weight excluding hydrogens is 198 g/mol. The maximum absolute atomic E-state index is 9.77. The van der Waals surface area contributed by atoms with E-state index in [0.29, 0.717) is 6.04 Å². The lowest BCUT2D eigenvalue weighted by molar-refractivity contribution is 0.160. The maximum atomic E-state index is 9.77. The van der Waals surface area contributed by atoms with Crippen molar-refractivity contribution in [1.82, 2.24) is 0 Å². The smallest absolute Gasteiger partial charge is 0.0712 e. The summed E-state index contributed by atoms with van der Waals surface area (Å²) in [5, 5.41) is 9.77. The average Bonchev–Trinajstić information content (AvgIpc) is 2.28. The number of aryl methyl sites for hydroxylation is 1. The molecule has 0 amide bonds. The molecule has 1 aliphatic rings. The van der Waals surface area contributed by atoms with Crippen molar-refractivity contribution in [1.29, 1.82) is 0 Å². The second-order valence-corrected chi connectivity index (χ2v) is 4.90. The number of aliphatic hydroxyl groups is 1. The minimum Gasteiger partial charge on any atom is -0.391 e. The molecule has 0 bridgehead atoms. The van der Waals surface area contributed by atoms with E-state index in [-0.39, 0.29) is 12.1 Å². The molecule has 0 aliphatic carbocycles. The van der Waals surface area contributed by atoms with Gasteiger partial charge in [0.1, 0.15) is 0 Å². The van der Waals surface area contributed by atoms with E-state index >= 15 is 0 Å². The van der Waals surface area contributed by atoms with Crippen LogP contribution in [0.1, 0.15) is 32.8 Å². The summed E-state index contributed by atoms with van der Waals surface area (Å²) in [4.78, 5) is 2.36. The van der Waals surface area contributed by atoms with Gasteiger partial charge in [0.25, 0.3) is 0 Å². The molecule has 1 heterocycles. The van der Waals surface area contributed by atoms with Crippen molar-refractivity contribution in [2.45, 2.75) is 51.8 Å². The summed E-state index contributed by atoms with van der Waals surface area (Å²) in [5.41, 5.74) is 2.71. The van der Waals surface area contributed by atoms with Gasteiger partial charge in [-0.05, 0) is 45.2 Å². The summed E-state index contributed by atoms with van der Waals surface area (Å²) in [6, 6.07) is 9.24. The molecule has 2 rings (SSSR count). The average molecular weight is 219 g/mol. The fourth-order valence-corrected chi connectivity index (χ4v) is 2.57. The molecule has 88 valence electrons. The zero-order valence-corrected chi connectivity index (χ0v) is 10.4. The Morgan fingerprint density at radius 1 is 1.31 bits per heavy atom. The Morgan fingerprint density at radius 3 is 2.69 bits per heavy atom. The molecule has 2 nitrogen and oxygen atoms in total. The molecule has 3 unspecified atom stereocenters. The van der Waals surface area contributed by atoms with Crippen molar-refractivity contribution in [2.24, 2.45) is 0 Å². The lowest BCUT2D eigenvalue weighted by atomic mass is 9.94. The number of hydrogen-bond acceptors (Lipinski definition) is 2. The molecule has 0 saturated heterocycles. The molecule has 0 aromatic heterocycles. The van der Waals surface area contributed by atoms with Gasteiger partial charge < -0.3 is 10.0 Å². The number of aliphatic hydroxyl groups excluding tert-OH is 1. The normalized spacial score (nSPS) is 23.8. The Balaban J connectivity index is 2.36. The number of anilines is 1. The highest BCUT2D eigenvalue weighted by Gasteiger charge is 2.28. The summed E-state index contributed by atoms with van der Waals surface area (Å²) in [7, 11) is 0. The highest BCUT2D eigenvalue weighted by atomic mass is 16.3. The summed E-state index contributed by atoms with van der Waals surface area (Å²) in [6.45, 7) is 6.21. The first-order valence-electron chi connectivity index (χ1n) is 6.15. The van der Waals surface area contributed by atoms with Crippen LogP contribution in [0.25, 0.3) is 0 Å². The third-order valence-electron chi connectivity index (χ3n) is 3.71. The van der Waals surface area contributed by atoms with E-state index in [2.05, 4.69) is 43.0 Å². The van der Waals surface area contributed by atoms with E-state index in [4.69, 9.17) is 0 Å². The van der Waals surface area contributed by atoms with E-state index in [9.17, 15) is 5.11 Å². The van der Waals surface area contributed by atoms with Crippen molar-refractivity contribution in [3.63, 3.8) is 0 Å². The number of benzene rings is 1. The van der Waals surface area contributed by atoms with Crippen LogP contribution in [0.5, 0.6) is 0 Å². The van der Waals surface area contributed by atoms with E-state index in [1.165, 1.54) is 17.7 Å². The standard InChI is InChI=1S/C14H21NO/c1-10-8-9-13-6-4-5-7-14(13)15(10)11(2)12(3)16/h4-7,10-12,16H,8-9H2,1-3H3. The SMILES string of the molecule is CC(O)C(C)N1c2ccccc2CCC1C. The number of rotatable bonds is 2. The second-order valence-electron chi connectivity index (χ2n) is 4.90. The van der Waals surface area contributed by atoms with Gasteiger partial charge in [0.2, 0.25) is 0 Å². The molecule has 3 atom stereocenters. The fourth-order valence-electron chi connectivity index (χ4n) is 2.57. The minimum atomic E-state index is -0.298. The summed E-state index contributed by atoms with van der Waals surface area (Å²) in [5.74, 6) is 0. The van der Waals surface area contributed by atoms with Crippen LogP contribution in [0.15, 0.2) is 24.3 Å². The largest absolute Gasteiger partial charge is 0.391 e. The molecule has 1 aromatic rings. The van der Waals surface area contributed by atoms with E-state index < -0.39 is 0 Å². The van der Waals surface area contributed by atoms with Gasteiger partial charge in [-0.25, -0.2) is 0 Å². The molecule has 1 aliphatic heterocycles. The van der Waals surface area contributed by atoms with Crippen LogP contribution in [0.3, 0.4) is 0 Å². The molecule has 1 N–H and O–H groups in total. The second kappa shape index (κ2) is 4.46. The summed E-state index contributed by atoms with van der Waals surface area (Å²) < 4.78 is 0. The Morgan fingerprint density at radius 2 is 2.00 bits per heavy atom. The van der Waals surface area contributed by atoms with Gasteiger partial charge in [0.05, 0.1) is 12.1 Å². The number of nitrogens with zero attached hydrogens (tertiary/aromatic N) is 1. The highest BCUT2D eigenvalue weighted by Crippen LogP contribution is 2.32. The molecule has 0 radical (unpaired) electrons. The summed E-state index contributed by atoms with van der Waals surface area (Å²) >= 11 is 0. The van der Waals surface area contributed by atoms with Crippen LogP contribution in [-0.4, -0.2) is 23.3 Å². The van der Waals surface area contributed by atoms with Crippen molar-refractivity contribution in [3.05, 3.63) is 29.8 Å². The molecule has 1 aromatic carbocycles. The van der Waals surface area contributed by atoms with Crippen LogP contribution in [-0.2, 0) is 6.42 Å². The number of para-hydroxylation sites is 1. The zero-order chi connectivity index (χ0) is 11.7. The number of fused-ring (bicyclic) bond motifs is 1. The third kappa shape index (κ3) is 1.94. The first kappa shape index (κ1) is 11.5. The van der Waals surface area contributed by atoms with Gasteiger partial charge in [0, 0.05) is 11.7 Å². The third-order valence-corrected chi connectivity index (χ3v) is 3.71. The molecule has 0 spiro atoms. The van der Waals surface area contributed by atoms with Crippen molar-refractivity contribution in [3.8, 4) is 0 Å². The predicted octanol–water partition coefficient (Wildman–Crippen LogP) is 2.60. The Kier molecular flexibility index (Phi) is 3.20. The maximum Gasteiger partial charge on any atom is 0.0712 e. The van der Waals surface area contributed by atoms with Gasteiger partial charge >= 0.3 is 0 Å². The first-order chi connectivity index (χ1) is 7.61. The van der Waals surface area contributed by atoms with Gasteiger partial charge in [-0.2, -0.15) is 0 Å². The van der Waals surface area contributed by atoms with Crippen molar-refractivity contribution < 1.29 is 5.11 Å². The van der Waals surface area contributed by atoms with Gasteiger partial charge in [0.15, 0.2) is 0 Å². The van der Waals surface area contributed by atoms with Crippen LogP contribution >= 0.6 is 0 Å². The molecule has 16 heavy (non-hydrogen) atoms. The van der Waals surface area contributed by atoms with E-state index in [1.54, 1.807) is 0 Å². The minimum absolute atomic E-state index is 0.177. The van der Waals surface area contributed by atoms with Gasteiger partial charge in [-0.15, -0.1) is 0 Å². The van der Waals surface area contributed by atoms with Crippen LogP contribution in [0.2, 0.25) is 0 Å². The zero-order valence-electron chi connectivity index (χ0n) is 10.4. The van der Waals surface area contributed by atoms with Crippen LogP contribution < -0.4 is 4.90 Å². The quantitative estimate of drug-likeness (QED) is 0.826. The monoisotopic (exact) mass is 219 g/mol. The van der Waals surface area contributed by atoms with Gasteiger partial charge in [-0.1, -0.05) is 18.2 Å². The van der Waals surface area contributed by atoms with E-state index in [1.807, 2.05) is 6.92 Å². The lowest BCUT2D eigenvalue weighted by Crippen LogP contribution is -2.48. The first-order valence-corrected chi connectivity index (χ1v) is 6.15. The Hall–Kier alpha value is -1.02. The fraction of sp³-hybridized carbons (Fsp3) is 0.571. The topological polar surface area (TPSA) is 23.5 Å². The molecule has 0 fully saturated rings. The van der Waals surface area contributed by atoms with Crippen molar-refractivity contribution in [2.75, 3.05) is 4.90 Å². The molecule has 0 saturated carbocycles. The Labute approximate surface area is 97.9 Å². The highest BCUT2D eigenvalue weighted by molar-refractivity contribution is 5.57. The molecular formula is C14H21NO. The lowest BCUT2D eigenvalue weighted by Gasteiger charge is -2.42. The van der Waals surface area contributed by atoms with Crippen LogP contribution in [0, 0.1) is 0 Å².